The van der Waals surface area contributed by atoms with Crippen LogP contribution in [0, 0.1) is 17.8 Å². The molecule has 0 saturated carbocycles. The summed E-state index contributed by atoms with van der Waals surface area (Å²) in [6, 6.07) is 0. The van der Waals surface area contributed by atoms with Crippen molar-refractivity contribution in [2.45, 2.75) is 53.9 Å². The maximum Gasteiger partial charge on any atom is -0.0188 e. The number of rotatable bonds is 8. The lowest BCUT2D eigenvalue weighted by atomic mass is 9.91. The van der Waals surface area contributed by atoms with Crippen LogP contribution in [0.5, 0.6) is 0 Å². The molecule has 0 N–H and O–H groups in total. The molecule has 17 heavy (non-hydrogen) atoms. The van der Waals surface area contributed by atoms with Crippen LogP contribution in [0.4, 0.5) is 0 Å². The molecule has 1 atom stereocenters. The molecule has 0 nitrogen and oxygen atoms in total. The van der Waals surface area contributed by atoms with Gasteiger partial charge >= 0.3 is 0 Å². The normalized spacial score (nSPS) is 14.9. The van der Waals surface area contributed by atoms with Crippen LogP contribution in [0.2, 0.25) is 0 Å². The van der Waals surface area contributed by atoms with Crippen LogP contribution in [-0.2, 0) is 0 Å². The fourth-order valence-electron chi connectivity index (χ4n) is 2.01. The standard InChI is InChI=1S/C17H30/c1-7-10-17(16(6)13-15(4)5)12-9-8-11-14(2)3/h7,9-10,12,14-16H,1,8,11,13H2,2-6H3/b12-9-,17-10+. The van der Waals surface area contributed by atoms with Crippen LogP contribution in [0.1, 0.15) is 53.9 Å². The highest BCUT2D eigenvalue weighted by Crippen LogP contribution is 2.21. The van der Waals surface area contributed by atoms with E-state index in [1.807, 2.05) is 6.08 Å². The maximum atomic E-state index is 3.81. The highest BCUT2D eigenvalue weighted by molar-refractivity contribution is 5.25. The van der Waals surface area contributed by atoms with E-state index in [0.29, 0.717) is 5.92 Å². The van der Waals surface area contributed by atoms with E-state index in [-0.39, 0.29) is 0 Å². The quantitative estimate of drug-likeness (QED) is 0.467. The van der Waals surface area contributed by atoms with E-state index in [1.165, 1.54) is 24.8 Å². The molecule has 0 aromatic rings. The molecule has 0 spiro atoms. The van der Waals surface area contributed by atoms with Gasteiger partial charge in [-0.05, 0) is 42.6 Å². The molecule has 0 radical (unpaired) electrons. The zero-order chi connectivity index (χ0) is 13.3. The summed E-state index contributed by atoms with van der Waals surface area (Å²) in [5.74, 6) is 2.17. The first-order valence-corrected chi connectivity index (χ1v) is 6.96. The molecule has 0 saturated heterocycles. The van der Waals surface area contributed by atoms with Gasteiger partial charge in [-0.25, -0.2) is 0 Å². The van der Waals surface area contributed by atoms with Crippen LogP contribution in [-0.4, -0.2) is 0 Å². The van der Waals surface area contributed by atoms with E-state index < -0.39 is 0 Å². The lowest BCUT2D eigenvalue weighted by Crippen LogP contribution is -2.02. The van der Waals surface area contributed by atoms with Crippen molar-refractivity contribution < 1.29 is 0 Å². The maximum absolute atomic E-state index is 3.81. The molecule has 1 unspecified atom stereocenters. The lowest BCUT2D eigenvalue weighted by Gasteiger charge is -2.15. The van der Waals surface area contributed by atoms with Gasteiger partial charge in [0.2, 0.25) is 0 Å². The van der Waals surface area contributed by atoms with Crippen molar-refractivity contribution in [2.75, 3.05) is 0 Å². The lowest BCUT2D eigenvalue weighted by molar-refractivity contribution is 0.491. The van der Waals surface area contributed by atoms with Gasteiger partial charge in [0, 0.05) is 0 Å². The largest absolute Gasteiger partial charge is 0.0991 e. The van der Waals surface area contributed by atoms with Crippen molar-refractivity contribution in [1.82, 2.24) is 0 Å². The molecule has 0 aliphatic rings. The smallest absolute Gasteiger partial charge is 0.0188 e. The molecule has 0 aromatic carbocycles. The van der Waals surface area contributed by atoms with E-state index in [1.54, 1.807) is 0 Å². The van der Waals surface area contributed by atoms with Gasteiger partial charge in [-0.15, -0.1) is 0 Å². The summed E-state index contributed by atoms with van der Waals surface area (Å²) in [5, 5.41) is 0. The van der Waals surface area contributed by atoms with Crippen LogP contribution >= 0.6 is 0 Å². The Labute approximate surface area is 109 Å². The van der Waals surface area contributed by atoms with Gasteiger partial charge in [0.15, 0.2) is 0 Å². The first-order valence-electron chi connectivity index (χ1n) is 6.96. The van der Waals surface area contributed by atoms with Gasteiger partial charge in [-0.3, -0.25) is 0 Å². The Morgan fingerprint density at radius 3 is 2.18 bits per heavy atom. The molecule has 0 aliphatic carbocycles. The van der Waals surface area contributed by atoms with E-state index in [2.05, 4.69) is 59.4 Å². The number of allylic oxidation sites excluding steroid dienone is 5. The van der Waals surface area contributed by atoms with Crippen molar-refractivity contribution in [3.05, 3.63) is 36.5 Å². The van der Waals surface area contributed by atoms with Crippen molar-refractivity contribution in [2.24, 2.45) is 17.8 Å². The number of hydrogen-bond acceptors (Lipinski definition) is 0. The molecule has 98 valence electrons. The fraction of sp³-hybridized carbons (Fsp3) is 0.647. The summed E-state index contributed by atoms with van der Waals surface area (Å²) < 4.78 is 0. The monoisotopic (exact) mass is 234 g/mol. The van der Waals surface area contributed by atoms with Crippen LogP contribution in [0.3, 0.4) is 0 Å². The Morgan fingerprint density at radius 1 is 1.06 bits per heavy atom. The van der Waals surface area contributed by atoms with E-state index in [4.69, 9.17) is 0 Å². The van der Waals surface area contributed by atoms with Crippen molar-refractivity contribution in [3.8, 4) is 0 Å². The zero-order valence-electron chi connectivity index (χ0n) is 12.4. The first kappa shape index (κ1) is 16.2. The third kappa shape index (κ3) is 8.97. The minimum absolute atomic E-state index is 0.628. The zero-order valence-corrected chi connectivity index (χ0v) is 12.4. The van der Waals surface area contributed by atoms with Gasteiger partial charge in [0.25, 0.3) is 0 Å². The van der Waals surface area contributed by atoms with E-state index >= 15 is 0 Å². The molecule has 0 rings (SSSR count). The SMILES string of the molecule is C=C/C=C(\C=C/CCC(C)C)C(C)CC(C)C. The molecule has 0 heteroatoms. The third-order valence-corrected chi connectivity index (χ3v) is 2.93. The summed E-state index contributed by atoms with van der Waals surface area (Å²) in [6.07, 6.45) is 12.4. The minimum Gasteiger partial charge on any atom is -0.0991 e. The molecule has 0 aliphatic heterocycles. The average Bonchev–Trinajstić information content (AvgIpc) is 2.21. The average molecular weight is 234 g/mol. The Hall–Kier alpha value is -0.780. The summed E-state index contributed by atoms with van der Waals surface area (Å²) in [4.78, 5) is 0. The Morgan fingerprint density at radius 2 is 1.71 bits per heavy atom. The highest BCUT2D eigenvalue weighted by atomic mass is 14.1. The van der Waals surface area contributed by atoms with E-state index in [9.17, 15) is 0 Å². The van der Waals surface area contributed by atoms with Crippen molar-refractivity contribution in [1.29, 1.82) is 0 Å². The minimum atomic E-state index is 0.628. The Kier molecular flexibility index (Phi) is 8.85. The summed E-state index contributed by atoms with van der Waals surface area (Å²) in [5.41, 5.74) is 1.41. The van der Waals surface area contributed by atoms with Crippen LogP contribution in [0.25, 0.3) is 0 Å². The molecule has 0 heterocycles. The Balaban J connectivity index is 4.33. The van der Waals surface area contributed by atoms with Crippen molar-refractivity contribution >= 4 is 0 Å². The summed E-state index contributed by atoms with van der Waals surface area (Å²) >= 11 is 0. The second kappa shape index (κ2) is 9.27. The molecule has 0 aromatic heterocycles. The van der Waals surface area contributed by atoms with Gasteiger partial charge < -0.3 is 0 Å². The molecule has 0 amide bonds. The van der Waals surface area contributed by atoms with Gasteiger partial charge in [-0.1, -0.05) is 65.5 Å². The summed E-state index contributed by atoms with van der Waals surface area (Å²) in [7, 11) is 0. The second-order valence-corrected chi connectivity index (χ2v) is 5.81. The highest BCUT2D eigenvalue weighted by Gasteiger charge is 2.07. The fourth-order valence-corrected chi connectivity index (χ4v) is 2.01. The molecular formula is C17H30. The predicted molar refractivity (Wildman–Crippen MR) is 80.1 cm³/mol. The second-order valence-electron chi connectivity index (χ2n) is 5.81. The van der Waals surface area contributed by atoms with Crippen LogP contribution < -0.4 is 0 Å². The predicted octanol–water partition coefficient (Wildman–Crippen LogP) is 5.77. The van der Waals surface area contributed by atoms with Gasteiger partial charge in [0.1, 0.15) is 0 Å². The van der Waals surface area contributed by atoms with E-state index in [0.717, 1.165) is 11.8 Å². The first-order chi connectivity index (χ1) is 7.97. The molecule has 0 fully saturated rings. The van der Waals surface area contributed by atoms with Gasteiger partial charge in [-0.2, -0.15) is 0 Å². The molecular weight excluding hydrogens is 204 g/mol. The van der Waals surface area contributed by atoms with Crippen molar-refractivity contribution in [3.63, 3.8) is 0 Å². The van der Waals surface area contributed by atoms with Gasteiger partial charge in [0.05, 0.1) is 0 Å². The topological polar surface area (TPSA) is 0 Å². The number of hydrogen-bond donors (Lipinski definition) is 0. The third-order valence-electron chi connectivity index (χ3n) is 2.93. The van der Waals surface area contributed by atoms with Crippen LogP contribution in [0.15, 0.2) is 36.5 Å². The molecule has 0 bridgehead atoms. The summed E-state index contributed by atoms with van der Waals surface area (Å²) in [6.45, 7) is 15.2. The Bertz CT molecular complexity index is 253.